The summed E-state index contributed by atoms with van der Waals surface area (Å²) in [7, 11) is 0. The minimum Gasteiger partial charge on any atom is -0.295 e. The minimum absolute atomic E-state index is 0.0351. The monoisotopic (exact) mass is 194 g/mol. The van der Waals surface area contributed by atoms with Gasteiger partial charge in [0.25, 0.3) is 0 Å². The second-order valence-corrected chi connectivity index (χ2v) is 3.12. The largest absolute Gasteiger partial charge is 0.295 e. The second-order valence-electron chi connectivity index (χ2n) is 2.71. The van der Waals surface area contributed by atoms with Crippen molar-refractivity contribution in [2.75, 3.05) is 0 Å². The van der Waals surface area contributed by atoms with E-state index in [2.05, 4.69) is 21.7 Å². The van der Waals surface area contributed by atoms with E-state index in [1.54, 1.807) is 0 Å². The zero-order chi connectivity index (χ0) is 9.10. The van der Waals surface area contributed by atoms with Gasteiger partial charge in [0.15, 0.2) is 5.11 Å². The number of hydrogen-bond donors (Lipinski definition) is 4. The molecule has 1 fully saturated rings. The fourth-order valence-electron chi connectivity index (χ4n) is 1.15. The van der Waals surface area contributed by atoms with Crippen LogP contribution in [-0.4, -0.2) is 5.11 Å². The molecule has 0 unspecified atom stereocenters. The summed E-state index contributed by atoms with van der Waals surface area (Å²) in [5.41, 5.74) is 12.9. The van der Waals surface area contributed by atoms with Gasteiger partial charge in [-0.25, -0.2) is 10.9 Å². The molecule has 0 saturated carbocycles. The maximum Gasteiger partial charge on any atom is 0.195 e. The third-order valence-electron chi connectivity index (χ3n) is 1.79. The van der Waals surface area contributed by atoms with E-state index in [0.29, 0.717) is 5.11 Å². The minimum atomic E-state index is 0.0351. The third kappa shape index (κ3) is 1.95. The first kappa shape index (κ1) is 8.43. The number of nitrogens with one attached hydrogen (secondary N) is 4. The van der Waals surface area contributed by atoms with Crippen molar-refractivity contribution < 1.29 is 0 Å². The maximum absolute atomic E-state index is 4.86. The van der Waals surface area contributed by atoms with Gasteiger partial charge < -0.3 is 0 Å². The Labute approximate surface area is 81.7 Å². The molecule has 5 heteroatoms. The molecule has 1 aromatic carbocycles. The highest BCUT2D eigenvalue weighted by atomic mass is 32.1. The number of benzene rings is 1. The Kier molecular flexibility index (Phi) is 2.40. The molecular weight excluding hydrogens is 184 g/mol. The van der Waals surface area contributed by atoms with Crippen LogP contribution in [0.15, 0.2) is 30.3 Å². The Bertz CT molecular complexity index is 290. The predicted molar refractivity (Wildman–Crippen MR) is 54.3 cm³/mol. The molecule has 0 aromatic heterocycles. The average molecular weight is 194 g/mol. The fraction of sp³-hybridized carbons (Fsp3) is 0.125. The summed E-state index contributed by atoms with van der Waals surface area (Å²) < 4.78 is 0. The number of rotatable bonds is 1. The highest BCUT2D eigenvalue weighted by Crippen LogP contribution is 2.08. The lowest BCUT2D eigenvalue weighted by molar-refractivity contribution is 0.362. The number of thiocarbonyl (C=S) groups is 1. The Balaban J connectivity index is 2.07. The van der Waals surface area contributed by atoms with Crippen molar-refractivity contribution in [1.82, 2.24) is 21.7 Å². The van der Waals surface area contributed by atoms with E-state index < -0.39 is 0 Å². The molecule has 0 aliphatic carbocycles. The first-order valence-corrected chi connectivity index (χ1v) is 4.39. The van der Waals surface area contributed by atoms with Crippen LogP contribution in [0.4, 0.5) is 0 Å². The van der Waals surface area contributed by atoms with Gasteiger partial charge in [0.1, 0.15) is 6.17 Å². The first-order chi connectivity index (χ1) is 6.36. The highest BCUT2D eigenvalue weighted by molar-refractivity contribution is 7.80. The Morgan fingerprint density at radius 3 is 2.23 bits per heavy atom. The average Bonchev–Trinajstić information content (AvgIpc) is 2.20. The zero-order valence-electron chi connectivity index (χ0n) is 6.87. The van der Waals surface area contributed by atoms with Crippen LogP contribution in [0.3, 0.4) is 0 Å². The van der Waals surface area contributed by atoms with Crippen LogP contribution in [-0.2, 0) is 0 Å². The van der Waals surface area contributed by atoms with Crippen molar-refractivity contribution in [2.45, 2.75) is 6.17 Å². The van der Waals surface area contributed by atoms with Gasteiger partial charge in [-0.1, -0.05) is 30.3 Å². The van der Waals surface area contributed by atoms with Crippen LogP contribution in [0.25, 0.3) is 0 Å². The van der Waals surface area contributed by atoms with E-state index in [1.165, 1.54) is 0 Å². The molecule has 1 aliphatic heterocycles. The third-order valence-corrected chi connectivity index (χ3v) is 2.00. The van der Waals surface area contributed by atoms with Crippen LogP contribution in [0, 0.1) is 0 Å². The normalized spacial score (nSPS) is 17.7. The highest BCUT2D eigenvalue weighted by Gasteiger charge is 2.14. The van der Waals surface area contributed by atoms with Crippen molar-refractivity contribution in [2.24, 2.45) is 0 Å². The van der Waals surface area contributed by atoms with Gasteiger partial charge in [-0.3, -0.25) is 10.9 Å². The van der Waals surface area contributed by atoms with Crippen molar-refractivity contribution in [3.8, 4) is 0 Å². The smallest absolute Gasteiger partial charge is 0.195 e. The molecule has 0 bridgehead atoms. The summed E-state index contributed by atoms with van der Waals surface area (Å²) in [6.45, 7) is 0. The van der Waals surface area contributed by atoms with Crippen LogP contribution in [0.5, 0.6) is 0 Å². The summed E-state index contributed by atoms with van der Waals surface area (Å²) in [6.07, 6.45) is 0.0351. The summed E-state index contributed by atoms with van der Waals surface area (Å²) in [6, 6.07) is 10.0. The summed E-state index contributed by atoms with van der Waals surface area (Å²) >= 11 is 4.86. The van der Waals surface area contributed by atoms with Crippen molar-refractivity contribution in [3.63, 3.8) is 0 Å². The van der Waals surface area contributed by atoms with E-state index in [-0.39, 0.29) is 6.17 Å². The molecule has 0 radical (unpaired) electrons. The molecule has 4 nitrogen and oxygen atoms in total. The van der Waals surface area contributed by atoms with Crippen LogP contribution in [0.2, 0.25) is 0 Å². The van der Waals surface area contributed by atoms with Gasteiger partial charge >= 0.3 is 0 Å². The molecule has 0 spiro atoms. The summed E-state index contributed by atoms with van der Waals surface area (Å²) in [5, 5.41) is 0.548. The Morgan fingerprint density at radius 2 is 1.62 bits per heavy atom. The van der Waals surface area contributed by atoms with Crippen molar-refractivity contribution in [1.29, 1.82) is 0 Å². The van der Waals surface area contributed by atoms with Crippen molar-refractivity contribution >= 4 is 17.3 Å². The van der Waals surface area contributed by atoms with E-state index in [4.69, 9.17) is 12.2 Å². The molecule has 1 aromatic rings. The molecule has 0 atom stereocenters. The first-order valence-electron chi connectivity index (χ1n) is 3.98. The molecule has 1 saturated heterocycles. The van der Waals surface area contributed by atoms with E-state index >= 15 is 0 Å². The Morgan fingerprint density at radius 1 is 1.00 bits per heavy atom. The van der Waals surface area contributed by atoms with Gasteiger partial charge in [-0.05, 0) is 17.8 Å². The van der Waals surface area contributed by atoms with Gasteiger partial charge in [0.2, 0.25) is 0 Å². The van der Waals surface area contributed by atoms with Crippen LogP contribution < -0.4 is 21.7 Å². The van der Waals surface area contributed by atoms with Crippen LogP contribution >= 0.6 is 12.2 Å². The Hall–Kier alpha value is -1.17. The van der Waals surface area contributed by atoms with E-state index in [1.807, 2.05) is 30.3 Å². The summed E-state index contributed by atoms with van der Waals surface area (Å²) in [4.78, 5) is 0. The standard InChI is InChI=1S/C8H10N4S/c13-8-11-9-7(10-12-8)6-4-2-1-3-5-6/h1-5,7,9-10H,(H2,11,12,13). The molecule has 1 heterocycles. The molecule has 0 amide bonds. The van der Waals surface area contributed by atoms with Gasteiger partial charge in [0.05, 0.1) is 0 Å². The zero-order valence-corrected chi connectivity index (χ0v) is 7.69. The summed E-state index contributed by atoms with van der Waals surface area (Å²) in [5.74, 6) is 0. The van der Waals surface area contributed by atoms with Gasteiger partial charge in [-0.15, -0.1) is 0 Å². The lowest BCUT2D eigenvalue weighted by atomic mass is 10.2. The predicted octanol–water partition coefficient (Wildman–Crippen LogP) is 0.172. The second kappa shape index (κ2) is 3.69. The lowest BCUT2D eigenvalue weighted by Crippen LogP contribution is -2.61. The van der Waals surface area contributed by atoms with Gasteiger partial charge in [-0.2, -0.15) is 0 Å². The number of hydrogen-bond acceptors (Lipinski definition) is 3. The van der Waals surface area contributed by atoms with Gasteiger partial charge in [0, 0.05) is 0 Å². The van der Waals surface area contributed by atoms with Crippen molar-refractivity contribution in [3.05, 3.63) is 35.9 Å². The molecular formula is C8H10N4S. The van der Waals surface area contributed by atoms with Crippen LogP contribution in [0.1, 0.15) is 11.7 Å². The number of hydrazine groups is 2. The topological polar surface area (TPSA) is 48.1 Å². The van der Waals surface area contributed by atoms with E-state index in [9.17, 15) is 0 Å². The van der Waals surface area contributed by atoms with E-state index in [0.717, 1.165) is 5.56 Å². The molecule has 1 aliphatic rings. The SMILES string of the molecule is S=C1NNC(c2ccccc2)NN1. The molecule has 13 heavy (non-hydrogen) atoms. The molecule has 2 rings (SSSR count). The molecule has 68 valence electrons. The molecule has 4 N–H and O–H groups in total. The fourth-order valence-corrected chi connectivity index (χ4v) is 1.27. The quantitative estimate of drug-likeness (QED) is 0.480. The lowest BCUT2D eigenvalue weighted by Gasteiger charge is -2.28. The maximum atomic E-state index is 4.86.